The van der Waals surface area contributed by atoms with E-state index in [1.54, 1.807) is 7.05 Å². The zero-order valence-corrected chi connectivity index (χ0v) is 9.13. The summed E-state index contributed by atoms with van der Waals surface area (Å²) in [6.07, 6.45) is 0. The van der Waals surface area contributed by atoms with Gasteiger partial charge in [-0.25, -0.2) is 4.79 Å². The molecule has 80 valence electrons. The molecule has 0 radical (unpaired) electrons. The summed E-state index contributed by atoms with van der Waals surface area (Å²) in [5.74, 6) is 1.25. The van der Waals surface area contributed by atoms with Gasteiger partial charge in [0, 0.05) is 32.2 Å². The van der Waals surface area contributed by atoms with Crippen molar-refractivity contribution in [2.45, 2.75) is 19.4 Å². The SMILES string of the molecule is CNC(=O)N1CC2CNCC2C1(C)C. The van der Waals surface area contributed by atoms with Gasteiger partial charge in [-0.2, -0.15) is 0 Å². The lowest BCUT2D eigenvalue weighted by Gasteiger charge is -2.35. The Labute approximate surface area is 85.0 Å². The van der Waals surface area contributed by atoms with Crippen molar-refractivity contribution in [3.63, 3.8) is 0 Å². The molecule has 0 bridgehead atoms. The molecule has 0 aromatic rings. The fraction of sp³-hybridized carbons (Fsp3) is 0.900. The van der Waals surface area contributed by atoms with Gasteiger partial charge < -0.3 is 15.5 Å². The molecule has 2 saturated heterocycles. The Kier molecular flexibility index (Phi) is 2.18. The number of fused-ring (bicyclic) bond motifs is 1. The number of carbonyl (C=O) groups is 1. The summed E-state index contributed by atoms with van der Waals surface area (Å²) in [4.78, 5) is 13.6. The number of amides is 2. The minimum atomic E-state index is -0.00569. The van der Waals surface area contributed by atoms with Gasteiger partial charge in [0.05, 0.1) is 0 Å². The van der Waals surface area contributed by atoms with E-state index < -0.39 is 0 Å². The number of likely N-dealkylation sites (tertiary alicyclic amines) is 1. The zero-order chi connectivity index (χ0) is 10.3. The lowest BCUT2D eigenvalue weighted by atomic mass is 9.85. The third-order valence-corrected chi connectivity index (χ3v) is 3.82. The van der Waals surface area contributed by atoms with E-state index in [-0.39, 0.29) is 11.6 Å². The average molecular weight is 197 g/mol. The third kappa shape index (κ3) is 1.21. The Morgan fingerprint density at radius 3 is 2.79 bits per heavy atom. The van der Waals surface area contributed by atoms with E-state index in [0.29, 0.717) is 11.8 Å². The molecule has 2 rings (SSSR count). The Morgan fingerprint density at radius 2 is 2.21 bits per heavy atom. The molecule has 14 heavy (non-hydrogen) atoms. The summed E-state index contributed by atoms with van der Waals surface area (Å²) >= 11 is 0. The molecule has 0 aromatic carbocycles. The Balaban J connectivity index is 2.19. The van der Waals surface area contributed by atoms with Crippen LogP contribution in [-0.2, 0) is 0 Å². The molecule has 4 nitrogen and oxygen atoms in total. The largest absolute Gasteiger partial charge is 0.341 e. The van der Waals surface area contributed by atoms with Crippen LogP contribution in [0.25, 0.3) is 0 Å². The molecule has 2 heterocycles. The Bertz CT molecular complexity index is 252. The van der Waals surface area contributed by atoms with Gasteiger partial charge in [0.15, 0.2) is 0 Å². The topological polar surface area (TPSA) is 44.4 Å². The van der Waals surface area contributed by atoms with Crippen LogP contribution in [0.3, 0.4) is 0 Å². The highest BCUT2D eigenvalue weighted by molar-refractivity contribution is 5.75. The fourth-order valence-electron chi connectivity index (χ4n) is 2.90. The summed E-state index contributed by atoms with van der Waals surface area (Å²) in [5.41, 5.74) is -0.00569. The Hall–Kier alpha value is -0.770. The quantitative estimate of drug-likeness (QED) is 0.585. The van der Waals surface area contributed by atoms with Crippen molar-refractivity contribution in [1.82, 2.24) is 15.5 Å². The van der Waals surface area contributed by atoms with E-state index in [2.05, 4.69) is 24.5 Å². The second kappa shape index (κ2) is 3.12. The van der Waals surface area contributed by atoms with E-state index >= 15 is 0 Å². The molecule has 2 aliphatic heterocycles. The number of carbonyl (C=O) groups excluding carboxylic acids is 1. The first-order valence-electron chi connectivity index (χ1n) is 5.27. The van der Waals surface area contributed by atoms with Crippen molar-refractivity contribution in [2.24, 2.45) is 11.8 Å². The van der Waals surface area contributed by atoms with Gasteiger partial charge in [0.1, 0.15) is 0 Å². The van der Waals surface area contributed by atoms with Crippen LogP contribution in [0.2, 0.25) is 0 Å². The number of rotatable bonds is 0. The monoisotopic (exact) mass is 197 g/mol. The number of hydrogen-bond donors (Lipinski definition) is 2. The van der Waals surface area contributed by atoms with E-state index in [4.69, 9.17) is 0 Å². The van der Waals surface area contributed by atoms with Gasteiger partial charge in [0.25, 0.3) is 0 Å². The number of nitrogens with one attached hydrogen (secondary N) is 2. The first kappa shape index (κ1) is 9.77. The van der Waals surface area contributed by atoms with Crippen LogP contribution in [0.4, 0.5) is 4.79 Å². The number of hydrogen-bond acceptors (Lipinski definition) is 2. The first-order chi connectivity index (χ1) is 6.57. The lowest BCUT2D eigenvalue weighted by molar-refractivity contribution is 0.148. The standard InChI is InChI=1S/C10H19N3O/c1-10(2)8-5-12-4-7(8)6-13(10)9(14)11-3/h7-8,12H,4-6H2,1-3H3,(H,11,14). The molecule has 4 heteroatoms. The molecule has 2 N–H and O–H groups in total. The van der Waals surface area contributed by atoms with Crippen molar-refractivity contribution in [3.8, 4) is 0 Å². The molecule has 2 unspecified atom stereocenters. The van der Waals surface area contributed by atoms with Crippen molar-refractivity contribution in [3.05, 3.63) is 0 Å². The molecule has 0 saturated carbocycles. The summed E-state index contributed by atoms with van der Waals surface area (Å²) in [6, 6.07) is 0.0596. The van der Waals surface area contributed by atoms with Crippen molar-refractivity contribution >= 4 is 6.03 Å². The fourth-order valence-corrected chi connectivity index (χ4v) is 2.90. The van der Waals surface area contributed by atoms with Crippen LogP contribution in [0.5, 0.6) is 0 Å². The minimum Gasteiger partial charge on any atom is -0.341 e. The molecule has 2 atom stereocenters. The van der Waals surface area contributed by atoms with Gasteiger partial charge >= 0.3 is 6.03 Å². The van der Waals surface area contributed by atoms with Gasteiger partial charge in [-0.15, -0.1) is 0 Å². The summed E-state index contributed by atoms with van der Waals surface area (Å²) in [6.45, 7) is 7.33. The number of urea groups is 1. The summed E-state index contributed by atoms with van der Waals surface area (Å²) in [7, 11) is 1.70. The minimum absolute atomic E-state index is 0.00569. The van der Waals surface area contributed by atoms with Gasteiger partial charge in [0.2, 0.25) is 0 Å². The maximum Gasteiger partial charge on any atom is 0.317 e. The van der Waals surface area contributed by atoms with E-state index in [0.717, 1.165) is 19.6 Å². The van der Waals surface area contributed by atoms with Crippen molar-refractivity contribution in [1.29, 1.82) is 0 Å². The second-order valence-electron chi connectivity index (χ2n) is 4.84. The molecular weight excluding hydrogens is 178 g/mol. The molecule has 0 aromatic heterocycles. The molecule has 2 amide bonds. The summed E-state index contributed by atoms with van der Waals surface area (Å²) in [5, 5.41) is 6.12. The van der Waals surface area contributed by atoms with Gasteiger partial charge in [-0.05, 0) is 25.7 Å². The smallest absolute Gasteiger partial charge is 0.317 e. The predicted octanol–water partition coefficient (Wildman–Crippen LogP) is 0.256. The van der Waals surface area contributed by atoms with Crippen molar-refractivity contribution < 1.29 is 4.79 Å². The lowest BCUT2D eigenvalue weighted by Crippen LogP contribution is -2.50. The third-order valence-electron chi connectivity index (χ3n) is 3.82. The zero-order valence-electron chi connectivity index (χ0n) is 9.13. The molecule has 2 fully saturated rings. The van der Waals surface area contributed by atoms with Crippen LogP contribution in [-0.4, -0.2) is 43.2 Å². The maximum absolute atomic E-state index is 11.7. The summed E-state index contributed by atoms with van der Waals surface area (Å²) < 4.78 is 0. The second-order valence-corrected chi connectivity index (χ2v) is 4.84. The normalized spacial score (nSPS) is 34.4. The molecule has 0 spiro atoms. The van der Waals surface area contributed by atoms with E-state index in [9.17, 15) is 4.79 Å². The van der Waals surface area contributed by atoms with Gasteiger partial charge in [-0.3, -0.25) is 0 Å². The Morgan fingerprint density at radius 1 is 1.50 bits per heavy atom. The van der Waals surface area contributed by atoms with Crippen LogP contribution < -0.4 is 10.6 Å². The van der Waals surface area contributed by atoms with E-state index in [1.807, 2.05) is 4.90 Å². The highest BCUT2D eigenvalue weighted by Crippen LogP contribution is 2.40. The van der Waals surface area contributed by atoms with Gasteiger partial charge in [-0.1, -0.05) is 0 Å². The molecule has 2 aliphatic rings. The van der Waals surface area contributed by atoms with Crippen LogP contribution in [0.15, 0.2) is 0 Å². The average Bonchev–Trinajstić information content (AvgIpc) is 2.68. The predicted molar refractivity (Wildman–Crippen MR) is 55.1 cm³/mol. The molecule has 0 aliphatic carbocycles. The molecular formula is C10H19N3O. The van der Waals surface area contributed by atoms with Crippen LogP contribution in [0.1, 0.15) is 13.8 Å². The first-order valence-corrected chi connectivity index (χ1v) is 5.27. The van der Waals surface area contributed by atoms with Crippen LogP contribution in [0, 0.1) is 11.8 Å². The van der Waals surface area contributed by atoms with E-state index in [1.165, 1.54) is 0 Å². The number of nitrogens with zero attached hydrogens (tertiary/aromatic N) is 1. The van der Waals surface area contributed by atoms with Crippen molar-refractivity contribution in [2.75, 3.05) is 26.7 Å². The maximum atomic E-state index is 11.7. The highest BCUT2D eigenvalue weighted by atomic mass is 16.2. The van der Waals surface area contributed by atoms with Crippen LogP contribution >= 0.6 is 0 Å². The highest BCUT2D eigenvalue weighted by Gasteiger charge is 2.51.